The van der Waals surface area contributed by atoms with Crippen LogP contribution in [0.2, 0.25) is 10.0 Å². The van der Waals surface area contributed by atoms with Gasteiger partial charge in [-0.2, -0.15) is 5.10 Å². The minimum Gasteiger partial charge on any atom is -0.266 e. The highest BCUT2D eigenvalue weighted by atomic mass is 35.5. The number of pyridine rings is 1. The maximum atomic E-state index is 11.7. The number of nitrogens with zero attached hydrogens (tertiary/aromatic N) is 3. The molecule has 6 heteroatoms. The molecule has 0 saturated carbocycles. The monoisotopic (exact) mass is 255 g/mol. The zero-order valence-electron chi connectivity index (χ0n) is 8.10. The molecule has 0 atom stereocenters. The first-order valence-corrected chi connectivity index (χ1v) is 5.24. The summed E-state index contributed by atoms with van der Waals surface area (Å²) < 4.78 is 1.25. The summed E-state index contributed by atoms with van der Waals surface area (Å²) in [6.07, 6.45) is 4.66. The summed E-state index contributed by atoms with van der Waals surface area (Å²) in [5.74, 6) is 0. The highest BCUT2D eigenvalue weighted by Gasteiger charge is 2.07. The molecule has 0 bridgehead atoms. The molecular weight excluding hydrogens is 249 g/mol. The van der Waals surface area contributed by atoms with E-state index in [2.05, 4.69) is 10.1 Å². The van der Waals surface area contributed by atoms with Gasteiger partial charge in [0.2, 0.25) is 0 Å². The lowest BCUT2D eigenvalue weighted by Gasteiger charge is -2.04. The van der Waals surface area contributed by atoms with Gasteiger partial charge in [-0.05, 0) is 17.7 Å². The van der Waals surface area contributed by atoms with E-state index >= 15 is 0 Å². The smallest absolute Gasteiger partial charge is 0.266 e. The Hall–Kier alpha value is -1.39. The highest BCUT2D eigenvalue weighted by molar-refractivity contribution is 6.41. The quantitative estimate of drug-likeness (QED) is 0.825. The average molecular weight is 256 g/mol. The van der Waals surface area contributed by atoms with E-state index in [0.717, 1.165) is 5.56 Å². The number of halogens is 2. The van der Waals surface area contributed by atoms with Crippen LogP contribution in [0.25, 0.3) is 0 Å². The molecule has 2 aromatic heterocycles. The second kappa shape index (κ2) is 4.63. The van der Waals surface area contributed by atoms with Crippen molar-refractivity contribution in [1.82, 2.24) is 14.8 Å². The topological polar surface area (TPSA) is 47.8 Å². The van der Waals surface area contributed by atoms with Gasteiger partial charge in [-0.1, -0.05) is 23.2 Å². The van der Waals surface area contributed by atoms with Gasteiger partial charge in [0, 0.05) is 12.4 Å². The van der Waals surface area contributed by atoms with Gasteiger partial charge in [0.1, 0.15) is 5.02 Å². The van der Waals surface area contributed by atoms with Crippen LogP contribution >= 0.6 is 23.2 Å². The molecule has 0 aliphatic rings. The Bertz CT molecular complexity index is 554. The molecule has 2 heterocycles. The molecular formula is C10H7Cl2N3O. The Morgan fingerprint density at radius 1 is 1.25 bits per heavy atom. The number of hydrogen-bond acceptors (Lipinski definition) is 3. The molecule has 0 aromatic carbocycles. The first-order valence-electron chi connectivity index (χ1n) is 4.48. The maximum absolute atomic E-state index is 11.7. The van der Waals surface area contributed by atoms with Crippen LogP contribution in [-0.4, -0.2) is 14.8 Å². The predicted molar refractivity (Wildman–Crippen MR) is 61.9 cm³/mol. The van der Waals surface area contributed by atoms with Crippen LogP contribution in [0, 0.1) is 0 Å². The van der Waals surface area contributed by atoms with Gasteiger partial charge in [0.15, 0.2) is 0 Å². The van der Waals surface area contributed by atoms with Crippen LogP contribution in [-0.2, 0) is 6.54 Å². The minimum absolute atomic E-state index is 0.00859. The van der Waals surface area contributed by atoms with E-state index in [1.807, 2.05) is 0 Å². The van der Waals surface area contributed by atoms with Gasteiger partial charge >= 0.3 is 0 Å². The first kappa shape index (κ1) is 11.1. The Morgan fingerprint density at radius 2 is 1.94 bits per heavy atom. The van der Waals surface area contributed by atoms with Crippen molar-refractivity contribution in [3.63, 3.8) is 0 Å². The average Bonchev–Trinajstić information content (AvgIpc) is 2.31. The van der Waals surface area contributed by atoms with Crippen molar-refractivity contribution >= 4 is 23.2 Å². The molecule has 0 aliphatic heterocycles. The third-order valence-electron chi connectivity index (χ3n) is 2.02. The van der Waals surface area contributed by atoms with E-state index in [1.54, 1.807) is 24.5 Å². The van der Waals surface area contributed by atoms with Gasteiger partial charge in [0.25, 0.3) is 5.56 Å². The molecule has 0 radical (unpaired) electrons. The molecule has 2 aromatic rings. The molecule has 0 unspecified atom stereocenters. The van der Waals surface area contributed by atoms with E-state index in [1.165, 1.54) is 10.9 Å². The van der Waals surface area contributed by atoms with Gasteiger partial charge < -0.3 is 0 Å². The fourth-order valence-corrected chi connectivity index (χ4v) is 1.49. The lowest BCUT2D eigenvalue weighted by molar-refractivity contribution is 0.639. The summed E-state index contributed by atoms with van der Waals surface area (Å²) >= 11 is 11.4. The summed E-state index contributed by atoms with van der Waals surface area (Å²) in [7, 11) is 0. The van der Waals surface area contributed by atoms with Gasteiger partial charge in [-0.25, -0.2) is 4.68 Å². The van der Waals surface area contributed by atoms with Crippen molar-refractivity contribution in [3.05, 3.63) is 56.7 Å². The van der Waals surface area contributed by atoms with E-state index < -0.39 is 5.56 Å². The molecule has 0 fully saturated rings. The van der Waals surface area contributed by atoms with Gasteiger partial charge in [-0.15, -0.1) is 0 Å². The molecule has 0 N–H and O–H groups in total. The van der Waals surface area contributed by atoms with Crippen LogP contribution in [0.4, 0.5) is 0 Å². The summed E-state index contributed by atoms with van der Waals surface area (Å²) in [4.78, 5) is 15.5. The van der Waals surface area contributed by atoms with Crippen molar-refractivity contribution in [2.45, 2.75) is 6.54 Å². The standard InChI is InChI=1S/C10H7Cl2N3O/c11-8-5-14-15(10(16)9(8)12)6-7-1-3-13-4-2-7/h1-5H,6H2. The van der Waals surface area contributed by atoms with Crippen LogP contribution in [0.5, 0.6) is 0 Å². The van der Waals surface area contributed by atoms with Crippen molar-refractivity contribution in [2.24, 2.45) is 0 Å². The predicted octanol–water partition coefficient (Wildman–Crippen LogP) is 1.99. The van der Waals surface area contributed by atoms with Gasteiger partial charge in [0.05, 0.1) is 17.8 Å². The molecule has 4 nitrogen and oxygen atoms in total. The van der Waals surface area contributed by atoms with Crippen LogP contribution in [0.3, 0.4) is 0 Å². The number of aromatic nitrogens is 3. The second-order valence-electron chi connectivity index (χ2n) is 3.12. The van der Waals surface area contributed by atoms with E-state index in [9.17, 15) is 4.79 Å². The van der Waals surface area contributed by atoms with Crippen LogP contribution in [0.1, 0.15) is 5.56 Å². The lowest BCUT2D eigenvalue weighted by atomic mass is 10.3. The third-order valence-corrected chi connectivity index (χ3v) is 2.77. The third kappa shape index (κ3) is 2.23. The van der Waals surface area contributed by atoms with Crippen LogP contribution in [0.15, 0.2) is 35.5 Å². The zero-order chi connectivity index (χ0) is 11.5. The Balaban J connectivity index is 2.37. The summed E-state index contributed by atoms with van der Waals surface area (Å²) in [6.45, 7) is 0.345. The molecule has 0 aliphatic carbocycles. The minimum atomic E-state index is -0.397. The summed E-state index contributed by atoms with van der Waals surface area (Å²) in [6, 6.07) is 3.60. The fraction of sp³-hybridized carbons (Fsp3) is 0.100. The molecule has 16 heavy (non-hydrogen) atoms. The normalized spacial score (nSPS) is 10.4. The SMILES string of the molecule is O=c1c(Cl)c(Cl)cnn1Cc1ccncc1. The fourth-order valence-electron chi connectivity index (χ4n) is 1.22. The zero-order valence-corrected chi connectivity index (χ0v) is 9.61. The van der Waals surface area contributed by atoms with Crippen LogP contribution < -0.4 is 5.56 Å². The highest BCUT2D eigenvalue weighted by Crippen LogP contribution is 2.14. The second-order valence-corrected chi connectivity index (χ2v) is 3.91. The number of rotatable bonds is 2. The Morgan fingerprint density at radius 3 is 2.62 bits per heavy atom. The lowest BCUT2D eigenvalue weighted by Crippen LogP contribution is -2.23. The van der Waals surface area contributed by atoms with Gasteiger partial charge in [-0.3, -0.25) is 9.78 Å². The molecule has 0 spiro atoms. The van der Waals surface area contributed by atoms with Crippen molar-refractivity contribution in [1.29, 1.82) is 0 Å². The summed E-state index contributed by atoms with van der Waals surface area (Å²) in [5, 5.41) is 4.06. The van der Waals surface area contributed by atoms with E-state index in [0.29, 0.717) is 6.54 Å². The Labute approximate surface area is 101 Å². The Kier molecular flexibility index (Phi) is 3.22. The van der Waals surface area contributed by atoms with Crippen molar-refractivity contribution in [2.75, 3.05) is 0 Å². The van der Waals surface area contributed by atoms with E-state index in [-0.39, 0.29) is 10.0 Å². The molecule has 82 valence electrons. The van der Waals surface area contributed by atoms with Crippen molar-refractivity contribution in [3.8, 4) is 0 Å². The number of hydrogen-bond donors (Lipinski definition) is 0. The summed E-state index contributed by atoms with van der Waals surface area (Å²) in [5.41, 5.74) is 0.522. The van der Waals surface area contributed by atoms with E-state index in [4.69, 9.17) is 23.2 Å². The molecule has 2 rings (SSSR count). The largest absolute Gasteiger partial charge is 0.287 e. The molecule has 0 saturated heterocycles. The first-order chi connectivity index (χ1) is 7.68. The van der Waals surface area contributed by atoms with Crippen molar-refractivity contribution < 1.29 is 0 Å². The molecule has 0 amide bonds. The maximum Gasteiger partial charge on any atom is 0.287 e.